The molecule has 0 aliphatic carbocycles. The number of benzene rings is 4. The third kappa shape index (κ3) is 8.56. The van der Waals surface area contributed by atoms with Gasteiger partial charge in [0.05, 0.1) is 10.6 Å². The minimum absolute atomic E-state index is 0. The number of anilines is 3. The van der Waals surface area contributed by atoms with Crippen LogP contribution in [0.4, 0.5) is 17.1 Å². The molecular weight excluding hydrogens is 499 g/mol. The van der Waals surface area contributed by atoms with Gasteiger partial charge in [-0.25, -0.2) is 8.42 Å². The smallest absolute Gasteiger partial charge is 0.744 e. The average Bonchev–Trinajstić information content (AvgIpc) is 2.74. The van der Waals surface area contributed by atoms with Crippen LogP contribution in [-0.4, -0.2) is 33.4 Å². The predicted molar refractivity (Wildman–Crippen MR) is 128 cm³/mol. The number of aromatic hydroxyl groups is 4. The van der Waals surface area contributed by atoms with Gasteiger partial charge in [0, 0.05) is 47.8 Å². The fourth-order valence-electron chi connectivity index (χ4n) is 2.92. The molecule has 10 nitrogen and oxygen atoms in total. The Labute approximate surface area is 229 Å². The Morgan fingerprint density at radius 3 is 1.64 bits per heavy atom. The van der Waals surface area contributed by atoms with Crippen LogP contribution in [0.3, 0.4) is 0 Å². The van der Waals surface area contributed by atoms with Gasteiger partial charge in [0.1, 0.15) is 44.6 Å². The second-order valence-corrected chi connectivity index (χ2v) is 8.52. The molecule has 0 heterocycles. The van der Waals surface area contributed by atoms with Gasteiger partial charge in [0.2, 0.25) is 0 Å². The molecule has 0 amide bonds. The summed E-state index contributed by atoms with van der Waals surface area (Å²) in [5.74, 6) is -0.220. The van der Waals surface area contributed by atoms with E-state index in [-0.39, 0.29) is 80.3 Å². The Balaban J connectivity index is 0.000000247. The molecule has 0 bridgehead atoms. The van der Waals surface area contributed by atoms with E-state index in [0.29, 0.717) is 5.69 Å². The molecule has 4 rings (SSSR count). The molecule has 0 atom stereocenters. The summed E-state index contributed by atoms with van der Waals surface area (Å²) in [6.07, 6.45) is 0. The van der Waals surface area contributed by atoms with E-state index < -0.39 is 10.1 Å². The number of phenols is 4. The maximum absolute atomic E-state index is 11.1. The molecular formula is C24H21N2NaO8S. The number of para-hydroxylation sites is 1. The summed E-state index contributed by atoms with van der Waals surface area (Å²) < 4.78 is 38.7. The third-order valence-electron chi connectivity index (χ3n) is 4.32. The van der Waals surface area contributed by atoms with E-state index in [1.165, 1.54) is 36.4 Å². The van der Waals surface area contributed by atoms with Gasteiger partial charge in [-0.3, -0.25) is 0 Å². The average molecular weight is 520 g/mol. The summed E-state index contributed by atoms with van der Waals surface area (Å²) >= 11 is 0. The van der Waals surface area contributed by atoms with Crippen molar-refractivity contribution in [3.63, 3.8) is 0 Å². The normalized spacial score (nSPS) is 10.4. The van der Waals surface area contributed by atoms with E-state index in [4.69, 9.17) is 10.5 Å². The molecule has 0 radical (unpaired) electrons. The summed E-state index contributed by atoms with van der Waals surface area (Å²) in [6.45, 7) is 0. The molecule has 0 fully saturated rings. The van der Waals surface area contributed by atoms with E-state index in [1.54, 1.807) is 24.3 Å². The van der Waals surface area contributed by atoms with Crippen LogP contribution >= 0.6 is 0 Å². The van der Waals surface area contributed by atoms with Crippen LogP contribution in [0.15, 0.2) is 89.8 Å². The van der Waals surface area contributed by atoms with Crippen molar-refractivity contribution in [1.29, 1.82) is 0 Å². The number of hydrogen-bond acceptors (Lipinski definition) is 10. The minimum atomic E-state index is -4.57. The minimum Gasteiger partial charge on any atom is -0.744 e. The van der Waals surface area contributed by atoms with Gasteiger partial charge < -0.3 is 40.8 Å². The Morgan fingerprint density at radius 2 is 1.19 bits per heavy atom. The van der Waals surface area contributed by atoms with Crippen molar-refractivity contribution in [2.24, 2.45) is 0 Å². The summed E-state index contributed by atoms with van der Waals surface area (Å²) in [6, 6.07) is 20.6. The largest absolute Gasteiger partial charge is 1.00 e. The van der Waals surface area contributed by atoms with E-state index >= 15 is 0 Å². The second kappa shape index (κ2) is 12.4. The zero-order chi connectivity index (χ0) is 25.6. The van der Waals surface area contributed by atoms with Crippen molar-refractivity contribution >= 4 is 27.2 Å². The van der Waals surface area contributed by atoms with Gasteiger partial charge in [-0.15, -0.1) is 0 Å². The molecule has 0 aliphatic heterocycles. The van der Waals surface area contributed by atoms with Crippen molar-refractivity contribution in [2.75, 3.05) is 11.1 Å². The first-order valence-corrected chi connectivity index (χ1v) is 11.3. The van der Waals surface area contributed by atoms with Crippen LogP contribution in [-0.2, 0) is 10.1 Å². The monoisotopic (exact) mass is 520 g/mol. The maximum atomic E-state index is 11.1. The van der Waals surface area contributed by atoms with Crippen molar-refractivity contribution in [2.45, 2.75) is 4.90 Å². The van der Waals surface area contributed by atoms with E-state index in [1.807, 2.05) is 6.07 Å². The molecule has 0 saturated heterocycles. The van der Waals surface area contributed by atoms with Crippen molar-refractivity contribution < 1.29 is 67.7 Å². The maximum Gasteiger partial charge on any atom is 1.00 e. The molecule has 0 aromatic heterocycles. The van der Waals surface area contributed by atoms with Crippen LogP contribution in [0.5, 0.6) is 34.5 Å². The van der Waals surface area contributed by atoms with E-state index in [9.17, 15) is 33.4 Å². The number of nitrogens with one attached hydrogen (secondary N) is 1. The molecule has 4 aromatic rings. The van der Waals surface area contributed by atoms with Crippen LogP contribution in [0.2, 0.25) is 0 Å². The van der Waals surface area contributed by atoms with Gasteiger partial charge in [0.25, 0.3) is 0 Å². The molecule has 182 valence electrons. The zero-order valence-corrected chi connectivity index (χ0v) is 21.8. The standard InChI is InChI=1S/C12H12N2O3S.C12H10O5.Na/c13-9-6-7-11(12(8-9)18(15,16)17)14-10-4-2-1-3-5-10;13-7-1-8(14)4-11(3-7)17-12-5-9(15)2-10(16)6-12;/h1-8,14H,13H2,(H,15,16,17);1-6,13-16H;/q;;+1/p-1. The molecule has 0 aliphatic rings. The van der Waals surface area contributed by atoms with Crippen LogP contribution in [0.1, 0.15) is 0 Å². The predicted octanol–water partition coefficient (Wildman–Crippen LogP) is 1.22. The van der Waals surface area contributed by atoms with Crippen LogP contribution in [0, 0.1) is 0 Å². The van der Waals surface area contributed by atoms with E-state index in [0.717, 1.165) is 18.2 Å². The quantitative estimate of drug-likeness (QED) is 0.127. The van der Waals surface area contributed by atoms with Gasteiger partial charge in [-0.05, 0) is 30.3 Å². The Bertz CT molecular complexity index is 1340. The van der Waals surface area contributed by atoms with Crippen LogP contribution in [0.25, 0.3) is 0 Å². The summed E-state index contributed by atoms with van der Waals surface area (Å²) in [5.41, 5.74) is 6.61. The summed E-state index contributed by atoms with van der Waals surface area (Å²) in [5, 5.41) is 39.8. The van der Waals surface area contributed by atoms with Gasteiger partial charge >= 0.3 is 29.6 Å². The first kappa shape index (κ1) is 28.6. The van der Waals surface area contributed by atoms with Crippen LogP contribution < -0.4 is 45.3 Å². The van der Waals surface area contributed by atoms with Gasteiger partial charge in [-0.1, -0.05) is 18.2 Å². The number of rotatable bonds is 5. The Hall–Kier alpha value is -3.61. The van der Waals surface area contributed by atoms with E-state index in [2.05, 4.69) is 5.32 Å². The first-order valence-electron chi connectivity index (χ1n) is 9.91. The Kier molecular flexibility index (Phi) is 9.84. The first-order chi connectivity index (χ1) is 16.5. The van der Waals surface area contributed by atoms with Crippen molar-refractivity contribution in [3.8, 4) is 34.5 Å². The fraction of sp³-hybridized carbons (Fsp3) is 0. The molecule has 4 aromatic carbocycles. The van der Waals surface area contributed by atoms with Gasteiger partial charge in [0.15, 0.2) is 0 Å². The number of nitrogen functional groups attached to an aromatic ring is 1. The summed E-state index contributed by atoms with van der Waals surface area (Å²) in [4.78, 5) is -0.355. The number of hydrogen-bond donors (Lipinski definition) is 6. The molecule has 7 N–H and O–H groups in total. The molecule has 0 unspecified atom stereocenters. The van der Waals surface area contributed by atoms with Crippen molar-refractivity contribution in [3.05, 3.63) is 84.9 Å². The number of nitrogens with two attached hydrogens (primary N) is 1. The molecule has 12 heteroatoms. The second-order valence-electron chi connectivity index (χ2n) is 7.17. The SMILES string of the molecule is Nc1ccc(Nc2ccccc2)c(S(=O)(=O)[O-])c1.Oc1cc(O)cc(Oc2cc(O)cc(O)c2)c1.[Na+]. The summed E-state index contributed by atoms with van der Waals surface area (Å²) in [7, 11) is -4.57. The zero-order valence-electron chi connectivity index (χ0n) is 19.0. The van der Waals surface area contributed by atoms with Gasteiger partial charge in [-0.2, -0.15) is 0 Å². The molecule has 36 heavy (non-hydrogen) atoms. The molecule has 0 saturated carbocycles. The number of ether oxygens (including phenoxy) is 1. The third-order valence-corrected chi connectivity index (χ3v) is 5.19. The topological polar surface area (TPSA) is 185 Å². The Morgan fingerprint density at radius 1 is 0.722 bits per heavy atom. The number of phenolic OH excluding ortho intramolecular Hbond substituents is 4. The molecule has 0 spiro atoms. The van der Waals surface area contributed by atoms with Crippen molar-refractivity contribution in [1.82, 2.24) is 0 Å². The fourth-order valence-corrected chi connectivity index (χ4v) is 3.58.